The van der Waals surface area contributed by atoms with E-state index in [-0.39, 0.29) is 5.69 Å². The average molecular weight is 256 g/mol. The Morgan fingerprint density at radius 2 is 1.74 bits per heavy atom. The van der Waals surface area contributed by atoms with E-state index in [0.717, 1.165) is 5.56 Å². The molecular formula is C14H12N2O3. The lowest BCUT2D eigenvalue weighted by Crippen LogP contribution is -2.01. The van der Waals surface area contributed by atoms with Gasteiger partial charge in [-0.25, -0.2) is 0 Å². The lowest BCUT2D eigenvalue weighted by Gasteiger charge is -2.05. The molecule has 19 heavy (non-hydrogen) atoms. The van der Waals surface area contributed by atoms with Gasteiger partial charge >= 0.3 is 0 Å². The molecule has 0 bridgehead atoms. The smallest absolute Gasteiger partial charge is 0.270 e. The van der Waals surface area contributed by atoms with Crippen LogP contribution in [0.2, 0.25) is 0 Å². The lowest BCUT2D eigenvalue weighted by molar-refractivity contribution is -0.385. The zero-order valence-corrected chi connectivity index (χ0v) is 10.3. The van der Waals surface area contributed by atoms with E-state index in [4.69, 9.17) is 0 Å². The van der Waals surface area contributed by atoms with Crippen LogP contribution in [0.4, 0.5) is 11.4 Å². The van der Waals surface area contributed by atoms with E-state index in [1.165, 1.54) is 24.4 Å². The van der Waals surface area contributed by atoms with Gasteiger partial charge in [0.2, 0.25) is 5.69 Å². The number of benzene rings is 2. The van der Waals surface area contributed by atoms with Gasteiger partial charge in [0, 0.05) is 29.3 Å². The fraction of sp³-hybridized carbons (Fsp3) is 0.0714. The summed E-state index contributed by atoms with van der Waals surface area (Å²) in [6.07, 6.45) is 1.44. The summed E-state index contributed by atoms with van der Waals surface area (Å²) in [6, 6.07) is 13.3. The first-order valence-electron chi connectivity index (χ1n) is 5.69. The van der Waals surface area contributed by atoms with Crippen LogP contribution >= 0.6 is 0 Å². The van der Waals surface area contributed by atoms with Crippen LogP contribution in [0.3, 0.4) is 0 Å². The number of aryl methyl sites for hydroxylation is 1. The van der Waals surface area contributed by atoms with Gasteiger partial charge in [-0.2, -0.15) is 4.74 Å². The molecule has 2 aromatic rings. The van der Waals surface area contributed by atoms with Crippen molar-refractivity contribution in [3.63, 3.8) is 0 Å². The number of nitro groups is 1. The van der Waals surface area contributed by atoms with Crippen LogP contribution in [0, 0.1) is 22.2 Å². The summed E-state index contributed by atoms with van der Waals surface area (Å²) in [7, 11) is 0. The van der Waals surface area contributed by atoms with Gasteiger partial charge in [0.25, 0.3) is 5.69 Å². The quantitative estimate of drug-likeness (QED) is 0.278. The molecule has 0 aliphatic heterocycles. The molecule has 0 heterocycles. The minimum Gasteiger partial charge on any atom is -0.618 e. The molecule has 0 aromatic heterocycles. The monoisotopic (exact) mass is 256 g/mol. The van der Waals surface area contributed by atoms with Crippen molar-refractivity contribution in [2.24, 2.45) is 0 Å². The minimum absolute atomic E-state index is 0.0191. The van der Waals surface area contributed by atoms with E-state index < -0.39 is 4.92 Å². The largest absolute Gasteiger partial charge is 0.618 e. The van der Waals surface area contributed by atoms with E-state index in [2.05, 4.69) is 0 Å². The van der Waals surface area contributed by atoms with Crippen LogP contribution in [0.15, 0.2) is 48.5 Å². The summed E-state index contributed by atoms with van der Waals surface area (Å²) in [4.78, 5) is 10.2. The van der Waals surface area contributed by atoms with Crippen molar-refractivity contribution in [2.75, 3.05) is 0 Å². The van der Waals surface area contributed by atoms with E-state index >= 15 is 0 Å². The summed E-state index contributed by atoms with van der Waals surface area (Å²) < 4.78 is 0.717. The molecule has 96 valence electrons. The van der Waals surface area contributed by atoms with Crippen molar-refractivity contribution in [3.8, 4) is 0 Å². The number of hydrogen-bond acceptors (Lipinski definition) is 3. The fourth-order valence-electron chi connectivity index (χ4n) is 1.74. The summed E-state index contributed by atoms with van der Waals surface area (Å²) >= 11 is 0. The van der Waals surface area contributed by atoms with E-state index in [1.807, 2.05) is 30.3 Å². The lowest BCUT2D eigenvalue weighted by atomic mass is 10.2. The Hall–Kier alpha value is -2.69. The van der Waals surface area contributed by atoms with Gasteiger partial charge in [-0.1, -0.05) is 18.2 Å². The molecule has 2 rings (SSSR count). The van der Waals surface area contributed by atoms with Crippen LogP contribution in [0.25, 0.3) is 0 Å². The second kappa shape index (κ2) is 5.30. The first kappa shape index (κ1) is 12.8. The zero-order chi connectivity index (χ0) is 13.8. The van der Waals surface area contributed by atoms with Crippen molar-refractivity contribution in [3.05, 3.63) is 75.0 Å². The van der Waals surface area contributed by atoms with Crippen LogP contribution in [-0.4, -0.2) is 15.9 Å². The standard InChI is InChI=1S/C14H12N2O3/c1-11-9-13(16(18)19)7-8-14(11)15(17)10-12-5-3-2-4-6-12/h2-10H,1H3. The Labute approximate surface area is 110 Å². The first-order valence-corrected chi connectivity index (χ1v) is 5.69. The van der Waals surface area contributed by atoms with Gasteiger partial charge < -0.3 is 5.21 Å². The Morgan fingerprint density at radius 3 is 2.32 bits per heavy atom. The van der Waals surface area contributed by atoms with Gasteiger partial charge in [-0.15, -0.1) is 0 Å². The molecule has 0 saturated heterocycles. The molecule has 0 unspecified atom stereocenters. The third kappa shape index (κ3) is 2.95. The number of hydrogen-bond donors (Lipinski definition) is 0. The van der Waals surface area contributed by atoms with Gasteiger partial charge in [-0.3, -0.25) is 10.1 Å². The van der Waals surface area contributed by atoms with Crippen molar-refractivity contribution >= 4 is 17.6 Å². The molecule has 5 heteroatoms. The number of rotatable bonds is 3. The highest BCUT2D eigenvalue weighted by molar-refractivity contribution is 5.76. The summed E-state index contributed by atoms with van der Waals surface area (Å²) in [5.41, 5.74) is 1.72. The maximum atomic E-state index is 12.0. The van der Waals surface area contributed by atoms with E-state index in [0.29, 0.717) is 16.0 Å². The highest BCUT2D eigenvalue weighted by Gasteiger charge is 2.12. The predicted octanol–water partition coefficient (Wildman–Crippen LogP) is 3.16. The van der Waals surface area contributed by atoms with Gasteiger partial charge in [0.05, 0.1) is 4.92 Å². The highest BCUT2D eigenvalue weighted by atomic mass is 16.6. The Balaban J connectivity index is 2.37. The van der Waals surface area contributed by atoms with Crippen LogP contribution < -0.4 is 0 Å². The Kier molecular flexibility index (Phi) is 3.56. The van der Waals surface area contributed by atoms with Crippen molar-refractivity contribution < 1.29 is 9.66 Å². The molecule has 0 aliphatic rings. The van der Waals surface area contributed by atoms with Gasteiger partial charge in [-0.05, 0) is 19.1 Å². The highest BCUT2D eigenvalue weighted by Crippen LogP contribution is 2.23. The van der Waals surface area contributed by atoms with E-state index in [1.54, 1.807) is 6.92 Å². The second-order valence-corrected chi connectivity index (χ2v) is 4.09. The average Bonchev–Trinajstić information content (AvgIpc) is 2.39. The summed E-state index contributed by atoms with van der Waals surface area (Å²) in [5, 5.41) is 22.6. The number of nitrogens with zero attached hydrogens (tertiary/aromatic N) is 2. The van der Waals surface area contributed by atoms with Gasteiger partial charge in [0.15, 0.2) is 6.21 Å². The third-order valence-corrected chi connectivity index (χ3v) is 2.69. The molecule has 5 nitrogen and oxygen atoms in total. The van der Waals surface area contributed by atoms with Crippen molar-refractivity contribution in [1.29, 1.82) is 0 Å². The second-order valence-electron chi connectivity index (χ2n) is 4.09. The summed E-state index contributed by atoms with van der Waals surface area (Å²) in [5.74, 6) is 0. The SMILES string of the molecule is Cc1cc([N+](=O)[O-])ccc1[N+]([O-])=Cc1ccccc1. The molecule has 0 atom stereocenters. The molecule has 0 amide bonds. The predicted molar refractivity (Wildman–Crippen MR) is 72.7 cm³/mol. The molecule has 0 N–H and O–H groups in total. The molecule has 2 aromatic carbocycles. The fourth-order valence-corrected chi connectivity index (χ4v) is 1.74. The molecule has 0 fully saturated rings. The molecule has 0 aliphatic carbocycles. The number of nitro benzene ring substituents is 1. The van der Waals surface area contributed by atoms with Gasteiger partial charge in [0.1, 0.15) is 0 Å². The van der Waals surface area contributed by atoms with Crippen LogP contribution in [0.1, 0.15) is 11.1 Å². The Morgan fingerprint density at radius 1 is 1.05 bits per heavy atom. The Bertz CT molecular complexity index is 636. The first-order chi connectivity index (χ1) is 9.08. The van der Waals surface area contributed by atoms with Crippen molar-refractivity contribution in [2.45, 2.75) is 6.92 Å². The maximum absolute atomic E-state index is 12.0. The molecule has 0 saturated carbocycles. The zero-order valence-electron chi connectivity index (χ0n) is 10.3. The normalized spacial score (nSPS) is 11.3. The number of non-ortho nitro benzene ring substituents is 1. The molecular weight excluding hydrogens is 244 g/mol. The summed E-state index contributed by atoms with van der Waals surface area (Å²) in [6.45, 7) is 1.67. The van der Waals surface area contributed by atoms with Crippen LogP contribution in [-0.2, 0) is 0 Å². The van der Waals surface area contributed by atoms with Crippen molar-refractivity contribution in [1.82, 2.24) is 0 Å². The maximum Gasteiger partial charge on any atom is 0.270 e. The topological polar surface area (TPSA) is 69.2 Å². The molecule has 0 radical (unpaired) electrons. The minimum atomic E-state index is -0.479. The molecule has 0 spiro atoms. The van der Waals surface area contributed by atoms with E-state index in [9.17, 15) is 15.3 Å². The third-order valence-electron chi connectivity index (χ3n) is 2.69. The van der Waals surface area contributed by atoms with Crippen LogP contribution in [0.5, 0.6) is 0 Å².